The standard InChI is InChI=1S/C43H65N11O13S2.C2H4O2/c1-5-22(4)35-42(66)48-26(12-13-32(45)56)38(62)50-29(17-34(58)59)39(63)52-30(20-69-68-19-25(44)36(60)49-28(40(64)53-35)16-23-8-10-24(55)11-9-23)43(67)54-14-6-7-31(54)41(65)51-27(15-21(2)3)37(61)47-18-33(46)57;1-2(3)4/h8-11,21-22,25-31,35,55H,5-7,12-20,44H2,1-4H3,(H2,45,56)(H2,46,57)(H,47,61)(H,48,66)(H,49,60)(H,50,62)(H,51,65)(H,52,63)(H,53,64)(H,58,59);1H3,(H,3,4)/t22-,25-,26-,27-,28-,29-,30-,31-,35-;/m0./s1. The Morgan fingerprint density at radius 1 is 0.795 bits per heavy atom. The smallest absolute Gasteiger partial charge is 0.305 e. The third-order valence-corrected chi connectivity index (χ3v) is 13.7. The van der Waals surface area contributed by atoms with Crippen LogP contribution in [0, 0.1) is 11.8 Å². The average Bonchev–Trinajstić information content (AvgIpc) is 3.81. The first kappa shape index (κ1) is 62.4. The van der Waals surface area contributed by atoms with Crippen molar-refractivity contribution in [2.24, 2.45) is 29.0 Å². The molecule has 0 aromatic heterocycles. The molecule has 2 fully saturated rings. The van der Waals surface area contributed by atoms with Gasteiger partial charge in [0, 0.05) is 37.8 Å². The predicted molar refractivity (Wildman–Crippen MR) is 266 cm³/mol. The Hall–Kier alpha value is -6.68. The molecule has 1 aromatic rings. The van der Waals surface area contributed by atoms with Gasteiger partial charge in [-0.25, -0.2) is 0 Å². The molecule has 2 saturated heterocycles. The summed E-state index contributed by atoms with van der Waals surface area (Å²) in [6.07, 6.45) is -1.04. The van der Waals surface area contributed by atoms with Gasteiger partial charge in [0.2, 0.25) is 59.1 Å². The van der Waals surface area contributed by atoms with E-state index in [-0.39, 0.29) is 49.0 Å². The first-order valence-corrected chi connectivity index (χ1v) is 25.9. The molecule has 2 aliphatic heterocycles. The van der Waals surface area contributed by atoms with E-state index in [1.807, 2.05) is 0 Å². The molecule has 2 aliphatic rings. The van der Waals surface area contributed by atoms with Gasteiger partial charge in [-0.3, -0.25) is 57.5 Å². The van der Waals surface area contributed by atoms with Crippen LogP contribution in [-0.2, 0) is 64.0 Å². The van der Waals surface area contributed by atoms with Gasteiger partial charge in [0.25, 0.3) is 5.97 Å². The highest BCUT2D eigenvalue weighted by atomic mass is 33.1. The number of nitrogens with one attached hydrogen (secondary N) is 7. The zero-order chi connectivity index (χ0) is 55.1. The summed E-state index contributed by atoms with van der Waals surface area (Å²) >= 11 is 0. The molecule has 406 valence electrons. The van der Waals surface area contributed by atoms with Crippen LogP contribution in [0.15, 0.2) is 24.3 Å². The number of rotatable bonds is 17. The first-order valence-electron chi connectivity index (χ1n) is 23.4. The van der Waals surface area contributed by atoms with Gasteiger partial charge >= 0.3 is 5.97 Å². The van der Waals surface area contributed by atoms with Crippen LogP contribution in [0.2, 0.25) is 0 Å². The SMILES string of the molecule is CC(=O)O.CC[C@H](C)[C@@H]1NC(=O)[C@H](Cc2ccc(O)cc2)NC(=O)[C@@H](N)CSSC[C@@H](C(=O)N2CCC[C@H]2C(=O)N[C@@H](CC(C)C)C(=O)NCC(N)=O)NC(=O)[C@H](CC(=O)O)NC(=O)[C@H](CCC(N)=O)NC1=O. The normalized spacial score (nSPS) is 23.3. The van der Waals surface area contributed by atoms with E-state index in [9.17, 15) is 63.0 Å². The van der Waals surface area contributed by atoms with E-state index in [2.05, 4.69) is 37.2 Å². The second-order valence-corrected chi connectivity index (χ2v) is 20.4. The number of primary amides is 2. The van der Waals surface area contributed by atoms with Crippen LogP contribution in [0.25, 0.3) is 0 Å². The number of phenolic OH excluding ortho intramolecular Hbond substituents is 1. The van der Waals surface area contributed by atoms with Crippen LogP contribution < -0.4 is 54.4 Å². The van der Waals surface area contributed by atoms with Crippen LogP contribution in [0.5, 0.6) is 5.75 Å². The summed E-state index contributed by atoms with van der Waals surface area (Å²) in [5, 5.41) is 44.7. The Labute approximate surface area is 429 Å². The van der Waals surface area contributed by atoms with E-state index >= 15 is 0 Å². The summed E-state index contributed by atoms with van der Waals surface area (Å²) in [6.45, 7) is 7.62. The van der Waals surface area contributed by atoms with Gasteiger partial charge in [-0.05, 0) is 55.2 Å². The second kappa shape index (κ2) is 31.0. The number of aromatic hydroxyl groups is 1. The van der Waals surface area contributed by atoms with E-state index in [0.717, 1.165) is 28.5 Å². The topological polar surface area (TPSA) is 431 Å². The minimum absolute atomic E-state index is 0.0297. The van der Waals surface area contributed by atoms with Crippen molar-refractivity contribution in [2.75, 3.05) is 24.6 Å². The summed E-state index contributed by atoms with van der Waals surface area (Å²) in [6, 6.07) is -5.36. The van der Waals surface area contributed by atoms with E-state index in [4.69, 9.17) is 27.1 Å². The van der Waals surface area contributed by atoms with E-state index < -0.39 is 151 Å². The molecule has 0 bridgehead atoms. The second-order valence-electron chi connectivity index (χ2n) is 17.8. The van der Waals surface area contributed by atoms with Gasteiger partial charge in [-0.15, -0.1) is 0 Å². The molecule has 0 saturated carbocycles. The van der Waals surface area contributed by atoms with Crippen molar-refractivity contribution in [1.29, 1.82) is 0 Å². The first-order chi connectivity index (χ1) is 34.2. The third-order valence-electron chi connectivity index (χ3n) is 11.3. The molecule has 0 spiro atoms. The van der Waals surface area contributed by atoms with E-state index in [1.54, 1.807) is 27.7 Å². The summed E-state index contributed by atoms with van der Waals surface area (Å²) in [5.41, 5.74) is 17.4. The number of aliphatic carboxylic acids is 2. The van der Waals surface area contributed by atoms with E-state index in [1.165, 1.54) is 29.2 Å². The van der Waals surface area contributed by atoms with Crippen molar-refractivity contribution in [1.82, 2.24) is 42.1 Å². The van der Waals surface area contributed by atoms with Gasteiger partial charge < -0.3 is 74.6 Å². The molecule has 1 aromatic carbocycles. The number of carbonyl (C=O) groups is 12. The van der Waals surface area contributed by atoms with Gasteiger partial charge in [0.15, 0.2) is 0 Å². The number of carboxylic acids is 2. The highest BCUT2D eigenvalue weighted by Crippen LogP contribution is 2.26. The molecule has 3 rings (SSSR count). The summed E-state index contributed by atoms with van der Waals surface area (Å²) in [7, 11) is 2.00. The van der Waals surface area contributed by atoms with Gasteiger partial charge in [0.05, 0.1) is 19.0 Å². The van der Waals surface area contributed by atoms with Gasteiger partial charge in [0.1, 0.15) is 48.0 Å². The lowest BCUT2D eigenvalue weighted by molar-refractivity contribution is -0.143. The molecular formula is C45H69N11O15S2. The number of benzene rings is 1. The fraction of sp³-hybridized carbons (Fsp3) is 0.600. The number of phenols is 1. The highest BCUT2D eigenvalue weighted by Gasteiger charge is 2.41. The molecular weight excluding hydrogens is 999 g/mol. The van der Waals surface area contributed by atoms with Crippen LogP contribution >= 0.6 is 21.6 Å². The van der Waals surface area contributed by atoms with Crippen LogP contribution in [0.1, 0.15) is 85.1 Å². The maximum atomic E-state index is 14.5. The Morgan fingerprint density at radius 2 is 1.37 bits per heavy atom. The lowest BCUT2D eigenvalue weighted by Crippen LogP contribution is -2.61. The monoisotopic (exact) mass is 1070 g/mol. The number of nitrogens with two attached hydrogens (primary N) is 3. The van der Waals surface area contributed by atoms with Crippen molar-refractivity contribution in [3.63, 3.8) is 0 Å². The van der Waals surface area contributed by atoms with Crippen molar-refractivity contribution in [2.45, 2.75) is 134 Å². The quantitative estimate of drug-likeness (QED) is 0.0695. The van der Waals surface area contributed by atoms with Crippen molar-refractivity contribution in [3.05, 3.63) is 29.8 Å². The van der Waals surface area contributed by atoms with Crippen LogP contribution in [-0.4, -0.2) is 164 Å². The number of nitrogens with zero attached hydrogens (tertiary/aromatic N) is 1. The Balaban J connectivity index is 0.00000439. The molecule has 26 nitrogen and oxygen atoms in total. The zero-order valence-electron chi connectivity index (χ0n) is 41.3. The molecule has 16 N–H and O–H groups in total. The minimum atomic E-state index is -1.88. The molecule has 28 heteroatoms. The summed E-state index contributed by atoms with van der Waals surface area (Å²) in [5.74, 6) is -12.1. The number of amides is 10. The summed E-state index contributed by atoms with van der Waals surface area (Å²) in [4.78, 5) is 157. The molecule has 0 radical (unpaired) electrons. The molecule has 2 heterocycles. The number of hydrogen-bond donors (Lipinski definition) is 13. The van der Waals surface area contributed by atoms with Crippen LogP contribution in [0.3, 0.4) is 0 Å². The number of hydrogen-bond acceptors (Lipinski definition) is 16. The fourth-order valence-corrected chi connectivity index (χ4v) is 9.59. The van der Waals surface area contributed by atoms with Crippen molar-refractivity contribution < 1.29 is 72.9 Å². The van der Waals surface area contributed by atoms with Gasteiger partial charge in [-0.2, -0.15) is 0 Å². The molecule has 10 amide bonds. The maximum absolute atomic E-state index is 14.5. The Morgan fingerprint density at radius 3 is 1.95 bits per heavy atom. The number of carbonyl (C=O) groups excluding carboxylic acids is 10. The Kier molecular flexibility index (Phi) is 26.5. The van der Waals surface area contributed by atoms with E-state index in [0.29, 0.717) is 18.4 Å². The Bertz CT molecular complexity index is 2150. The summed E-state index contributed by atoms with van der Waals surface area (Å²) < 4.78 is 0. The predicted octanol–water partition coefficient (Wildman–Crippen LogP) is -2.92. The number of carboxylic acid groups (broad SMARTS) is 2. The average molecular weight is 1070 g/mol. The van der Waals surface area contributed by atoms with Crippen molar-refractivity contribution in [3.8, 4) is 5.75 Å². The van der Waals surface area contributed by atoms with Crippen LogP contribution in [0.4, 0.5) is 0 Å². The zero-order valence-corrected chi connectivity index (χ0v) is 42.9. The highest BCUT2D eigenvalue weighted by molar-refractivity contribution is 8.76. The molecule has 9 atom stereocenters. The van der Waals surface area contributed by atoms with Gasteiger partial charge in [-0.1, -0.05) is 67.8 Å². The lowest BCUT2D eigenvalue weighted by atomic mass is 9.96. The van der Waals surface area contributed by atoms with Crippen molar-refractivity contribution >= 4 is 92.6 Å². The molecule has 73 heavy (non-hydrogen) atoms. The molecule has 0 unspecified atom stereocenters. The number of likely N-dealkylation sites (tertiary alicyclic amines) is 1. The molecule has 0 aliphatic carbocycles. The fourth-order valence-electron chi connectivity index (χ4n) is 7.32. The maximum Gasteiger partial charge on any atom is 0.305 e. The minimum Gasteiger partial charge on any atom is -0.508 e. The largest absolute Gasteiger partial charge is 0.508 e. The lowest BCUT2D eigenvalue weighted by Gasteiger charge is -2.31. The third kappa shape index (κ3) is 22.3.